The maximum Gasteiger partial charge on any atom is 0.200 e. The first-order chi connectivity index (χ1) is 10.3. The molecule has 2 N–H and O–H groups in total. The molecule has 0 atom stereocenters. The van der Waals surface area contributed by atoms with Crippen LogP contribution in [0, 0.1) is 0 Å². The summed E-state index contributed by atoms with van der Waals surface area (Å²) in [5.74, 6) is -2.93. The third-order valence-electron chi connectivity index (χ3n) is 3.29. The molecule has 0 aliphatic carbocycles. The van der Waals surface area contributed by atoms with E-state index in [1.54, 1.807) is 18.2 Å². The highest BCUT2D eigenvalue weighted by Gasteiger charge is 2.26. The van der Waals surface area contributed by atoms with Crippen LogP contribution in [0.2, 0.25) is 0 Å². The van der Waals surface area contributed by atoms with Gasteiger partial charge in [-0.1, -0.05) is 30.3 Å². The quantitative estimate of drug-likeness (QED) is 0.847. The van der Waals surface area contributed by atoms with Crippen LogP contribution in [-0.2, 0) is 0 Å². The number of carbonyl (C=O) groups excluding carboxylic acids is 3. The zero-order valence-electron chi connectivity index (χ0n) is 12.1. The lowest BCUT2D eigenvalue weighted by Gasteiger charge is -2.12. The summed E-state index contributed by atoms with van der Waals surface area (Å²) in [5, 5.41) is 20.3. The highest BCUT2D eigenvalue weighted by molar-refractivity contribution is 6.17. The lowest BCUT2D eigenvalue weighted by molar-refractivity contribution is 0.101. The van der Waals surface area contributed by atoms with E-state index < -0.39 is 34.4 Å². The van der Waals surface area contributed by atoms with Crippen molar-refractivity contribution in [3.63, 3.8) is 0 Å². The van der Waals surface area contributed by atoms with E-state index in [-0.39, 0.29) is 16.7 Å². The molecule has 5 heteroatoms. The number of hydrogen-bond donors (Lipinski definition) is 2. The molecular weight excluding hydrogens is 284 g/mol. The van der Waals surface area contributed by atoms with Crippen LogP contribution in [0.1, 0.15) is 50.5 Å². The highest BCUT2D eigenvalue weighted by atomic mass is 16.3. The van der Waals surface area contributed by atoms with Gasteiger partial charge in [-0.25, -0.2) is 0 Å². The molecule has 0 amide bonds. The third kappa shape index (κ3) is 2.61. The van der Waals surface area contributed by atoms with Crippen LogP contribution in [0.3, 0.4) is 0 Å². The average Bonchev–Trinajstić information content (AvgIpc) is 2.47. The number of rotatable bonds is 4. The maximum atomic E-state index is 12.5. The minimum absolute atomic E-state index is 0.178. The van der Waals surface area contributed by atoms with Crippen molar-refractivity contribution in [2.24, 2.45) is 0 Å². The molecule has 22 heavy (non-hydrogen) atoms. The van der Waals surface area contributed by atoms with Gasteiger partial charge in [0.2, 0.25) is 5.78 Å². The number of hydrogen-bond acceptors (Lipinski definition) is 5. The molecule has 0 radical (unpaired) electrons. The summed E-state index contributed by atoms with van der Waals surface area (Å²) in [6, 6.07) is 9.08. The minimum Gasteiger partial charge on any atom is -0.506 e. The van der Waals surface area contributed by atoms with Crippen LogP contribution in [0.4, 0.5) is 0 Å². The third-order valence-corrected chi connectivity index (χ3v) is 3.29. The largest absolute Gasteiger partial charge is 0.506 e. The zero-order valence-corrected chi connectivity index (χ0v) is 12.1. The molecule has 112 valence electrons. The molecule has 2 aromatic carbocycles. The molecule has 0 fully saturated rings. The first-order valence-corrected chi connectivity index (χ1v) is 6.55. The molecule has 2 aromatic rings. The van der Waals surface area contributed by atoms with Crippen molar-refractivity contribution in [1.82, 2.24) is 0 Å². The second-order valence-electron chi connectivity index (χ2n) is 4.85. The molecule has 5 nitrogen and oxygen atoms in total. The Kier molecular flexibility index (Phi) is 4.08. The number of phenols is 2. The Labute approximate surface area is 126 Å². The lowest BCUT2D eigenvalue weighted by Crippen LogP contribution is -2.09. The van der Waals surface area contributed by atoms with E-state index in [9.17, 15) is 24.6 Å². The van der Waals surface area contributed by atoms with Crippen LogP contribution in [-0.4, -0.2) is 27.6 Å². The number of phenolic OH excluding ortho intramolecular Hbond substituents is 2. The first kappa shape index (κ1) is 15.4. The van der Waals surface area contributed by atoms with Gasteiger partial charge in [0.15, 0.2) is 11.6 Å². The van der Waals surface area contributed by atoms with Crippen LogP contribution >= 0.6 is 0 Å². The van der Waals surface area contributed by atoms with Crippen LogP contribution < -0.4 is 0 Å². The van der Waals surface area contributed by atoms with Crippen molar-refractivity contribution in [1.29, 1.82) is 0 Å². The molecule has 0 aromatic heterocycles. The SMILES string of the molecule is CC(=O)c1cc(C(C)=O)c(O)c(C(=O)c2ccccc2)c1O. The molecule has 0 bridgehead atoms. The zero-order chi connectivity index (χ0) is 16.4. The van der Waals surface area contributed by atoms with E-state index in [1.165, 1.54) is 26.0 Å². The standard InChI is InChI=1S/C17H14O5/c1-9(18)12-8-13(10(2)19)17(22)14(16(12)21)15(20)11-6-4-3-5-7-11/h3-8,21-22H,1-2H3. The van der Waals surface area contributed by atoms with Crippen LogP contribution in [0.15, 0.2) is 36.4 Å². The van der Waals surface area contributed by atoms with Gasteiger partial charge in [0.25, 0.3) is 0 Å². The van der Waals surface area contributed by atoms with Gasteiger partial charge < -0.3 is 10.2 Å². The molecule has 0 heterocycles. The van der Waals surface area contributed by atoms with Crippen LogP contribution in [0.25, 0.3) is 0 Å². The highest BCUT2D eigenvalue weighted by Crippen LogP contribution is 2.36. The van der Waals surface area contributed by atoms with Crippen LogP contribution in [0.5, 0.6) is 11.5 Å². The van der Waals surface area contributed by atoms with Gasteiger partial charge in [-0.15, -0.1) is 0 Å². The monoisotopic (exact) mass is 298 g/mol. The Morgan fingerprint density at radius 1 is 0.818 bits per heavy atom. The summed E-state index contributed by atoms with van der Waals surface area (Å²) in [5.41, 5.74) is -0.572. The summed E-state index contributed by atoms with van der Waals surface area (Å²) >= 11 is 0. The van der Waals surface area contributed by atoms with E-state index >= 15 is 0 Å². The van der Waals surface area contributed by atoms with Crippen molar-refractivity contribution in [3.05, 3.63) is 58.7 Å². The summed E-state index contributed by atoms with van der Waals surface area (Å²) in [7, 11) is 0. The minimum atomic E-state index is -0.666. The predicted molar refractivity (Wildman–Crippen MR) is 79.7 cm³/mol. The number of ketones is 3. The predicted octanol–water partition coefficient (Wildman–Crippen LogP) is 2.73. The number of Topliss-reactive ketones (excluding diaryl/α,β-unsaturated/α-hetero) is 2. The van der Waals surface area contributed by atoms with Crippen molar-refractivity contribution < 1.29 is 24.6 Å². The van der Waals surface area contributed by atoms with Gasteiger partial charge >= 0.3 is 0 Å². The Hall–Kier alpha value is -2.95. The molecule has 0 saturated heterocycles. The summed E-state index contributed by atoms with van der Waals surface area (Å²) in [6.07, 6.45) is 0. The van der Waals surface area contributed by atoms with Crippen molar-refractivity contribution in [2.45, 2.75) is 13.8 Å². The summed E-state index contributed by atoms with van der Waals surface area (Å²) in [4.78, 5) is 35.7. The van der Waals surface area contributed by atoms with Crippen molar-refractivity contribution >= 4 is 17.3 Å². The maximum absolute atomic E-state index is 12.5. The lowest BCUT2D eigenvalue weighted by atomic mass is 9.93. The Morgan fingerprint density at radius 3 is 1.68 bits per heavy atom. The molecule has 0 aliphatic heterocycles. The molecular formula is C17H14O5. The summed E-state index contributed by atoms with van der Waals surface area (Å²) < 4.78 is 0. The fraction of sp³-hybridized carbons (Fsp3) is 0.118. The molecule has 0 spiro atoms. The molecule has 0 unspecified atom stereocenters. The average molecular weight is 298 g/mol. The Balaban J connectivity index is 2.77. The number of aromatic hydroxyl groups is 2. The topological polar surface area (TPSA) is 91.7 Å². The second-order valence-corrected chi connectivity index (χ2v) is 4.85. The Bertz CT molecular complexity index is 737. The van der Waals surface area contributed by atoms with E-state index in [4.69, 9.17) is 0 Å². The fourth-order valence-electron chi connectivity index (χ4n) is 2.15. The first-order valence-electron chi connectivity index (χ1n) is 6.55. The van der Waals surface area contributed by atoms with Gasteiger partial charge in [-0.2, -0.15) is 0 Å². The van der Waals surface area contributed by atoms with E-state index in [2.05, 4.69) is 0 Å². The molecule has 0 aliphatic rings. The van der Waals surface area contributed by atoms with Crippen molar-refractivity contribution in [3.8, 4) is 11.5 Å². The van der Waals surface area contributed by atoms with E-state index in [0.29, 0.717) is 0 Å². The Morgan fingerprint density at radius 2 is 1.27 bits per heavy atom. The summed E-state index contributed by atoms with van der Waals surface area (Å²) in [6.45, 7) is 2.40. The second kappa shape index (κ2) is 5.81. The van der Waals surface area contributed by atoms with E-state index in [0.717, 1.165) is 6.07 Å². The van der Waals surface area contributed by atoms with Crippen molar-refractivity contribution in [2.75, 3.05) is 0 Å². The molecule has 2 rings (SSSR count). The van der Waals surface area contributed by atoms with Gasteiger partial charge in [-0.3, -0.25) is 14.4 Å². The smallest absolute Gasteiger partial charge is 0.200 e. The fourth-order valence-corrected chi connectivity index (χ4v) is 2.15. The number of benzene rings is 2. The molecule has 0 saturated carbocycles. The normalized spacial score (nSPS) is 10.3. The number of carbonyl (C=O) groups is 3. The van der Waals surface area contributed by atoms with Gasteiger partial charge in [0.1, 0.15) is 17.1 Å². The van der Waals surface area contributed by atoms with E-state index in [1.807, 2.05) is 0 Å². The van der Waals surface area contributed by atoms with Gasteiger partial charge in [0.05, 0.1) is 11.1 Å². The van der Waals surface area contributed by atoms with Gasteiger partial charge in [0, 0.05) is 5.56 Å². The van der Waals surface area contributed by atoms with Gasteiger partial charge in [-0.05, 0) is 19.9 Å².